The van der Waals surface area contributed by atoms with E-state index >= 15 is 0 Å². The van der Waals surface area contributed by atoms with Crippen LogP contribution in [-0.4, -0.2) is 157 Å². The van der Waals surface area contributed by atoms with E-state index in [-0.39, 0.29) is 26.9 Å². The Labute approximate surface area is 368 Å². The summed E-state index contributed by atoms with van der Waals surface area (Å²) in [5.74, 6) is -5.67. The Morgan fingerprint density at radius 1 is 0.806 bits per heavy atom. The Hall–Kier alpha value is -3.67. The first-order valence-electron chi connectivity index (χ1n) is 22.0. The third kappa shape index (κ3) is 20.2. The minimum Gasteiger partial charge on any atom is -0.481 e. The molecule has 0 aliphatic carbocycles. The van der Waals surface area contributed by atoms with Gasteiger partial charge in [-0.3, -0.25) is 23.7 Å². The van der Waals surface area contributed by atoms with Crippen molar-refractivity contribution in [2.75, 3.05) is 52.6 Å². The van der Waals surface area contributed by atoms with Crippen molar-refractivity contribution in [2.45, 2.75) is 138 Å². The van der Waals surface area contributed by atoms with Gasteiger partial charge in [-0.2, -0.15) is 0 Å². The van der Waals surface area contributed by atoms with Crippen molar-refractivity contribution >= 4 is 17.9 Å². The van der Waals surface area contributed by atoms with Crippen LogP contribution in [0.1, 0.15) is 94.8 Å². The van der Waals surface area contributed by atoms with Crippen LogP contribution in [0.5, 0.6) is 0 Å². The first kappa shape index (κ1) is 54.5. The van der Waals surface area contributed by atoms with Crippen molar-refractivity contribution in [1.29, 1.82) is 0 Å². The van der Waals surface area contributed by atoms with E-state index in [1.54, 1.807) is 16.3 Å². The quantitative estimate of drug-likeness (QED) is 0.0335. The lowest BCUT2D eigenvalue weighted by Gasteiger charge is -2.32. The standard InChI is InChI=1S/C26H46N4O9.C13H22N4O4.C2H6.2H2/c1-5-18(6-2)10-19(26(36)39-23(17(4)25(34)35)22(31)16(3)24(32)33)11-27-8-7-9-30-12-20(28-29-30)13-38-21-14-37-15-21;1-10(13(18)19)5-14-3-2-4-17-6-11(15-16-17)7-21-12-8-20-9-12;1-2;;/h12,16-19,21-23,25,27,31,34-35H,5-11,13-15H2,1-4H3,(H,32,33);6,10,12,14H,2-5,7-9H2,1H3,(H,18,19);1-2H3;2*1H. The predicted molar refractivity (Wildman–Crippen MR) is 228 cm³/mol. The van der Waals surface area contributed by atoms with Crippen LogP contribution in [-0.2, 0) is 64.4 Å². The topological polar surface area (TPSA) is 284 Å². The van der Waals surface area contributed by atoms with Crippen LogP contribution in [0.25, 0.3) is 0 Å². The largest absolute Gasteiger partial charge is 0.481 e. The van der Waals surface area contributed by atoms with Gasteiger partial charge >= 0.3 is 17.9 Å². The van der Waals surface area contributed by atoms with E-state index in [1.807, 2.05) is 40.1 Å². The zero-order chi connectivity index (χ0) is 46.0. The fraction of sp³-hybridized carbons (Fsp3) is 0.829. The molecule has 0 saturated carbocycles. The van der Waals surface area contributed by atoms with Gasteiger partial charge in [0, 0.05) is 35.0 Å². The Bertz CT molecular complexity index is 1530. The molecule has 4 rings (SSSR count). The molecule has 0 spiro atoms. The number of carboxylic acid groups (broad SMARTS) is 2. The maximum Gasteiger partial charge on any atom is 0.310 e. The molecule has 21 heteroatoms. The molecule has 2 aromatic rings. The molecule has 6 atom stereocenters. The molecule has 7 N–H and O–H groups in total. The molecule has 4 heterocycles. The summed E-state index contributed by atoms with van der Waals surface area (Å²) < 4.78 is 30.4. The van der Waals surface area contributed by atoms with Crippen LogP contribution in [0.2, 0.25) is 0 Å². The number of aryl methyl sites for hydroxylation is 2. The fourth-order valence-electron chi connectivity index (χ4n) is 6.08. The van der Waals surface area contributed by atoms with E-state index in [0.29, 0.717) is 72.2 Å². The summed E-state index contributed by atoms with van der Waals surface area (Å²) in [7, 11) is 0. The van der Waals surface area contributed by atoms with Gasteiger partial charge in [-0.25, -0.2) is 0 Å². The lowest BCUT2D eigenvalue weighted by Crippen LogP contribution is -2.47. The van der Waals surface area contributed by atoms with Gasteiger partial charge in [0.05, 0.1) is 69.8 Å². The number of carboxylic acids is 2. The summed E-state index contributed by atoms with van der Waals surface area (Å²) in [4.78, 5) is 35.3. The second-order valence-corrected chi connectivity index (χ2v) is 15.6. The van der Waals surface area contributed by atoms with Crippen LogP contribution < -0.4 is 10.6 Å². The lowest BCUT2D eigenvalue weighted by molar-refractivity contribution is -0.187. The van der Waals surface area contributed by atoms with Gasteiger partial charge < -0.3 is 59.9 Å². The number of hydrogen-bond acceptors (Lipinski definition) is 17. The van der Waals surface area contributed by atoms with Crippen LogP contribution in [0, 0.1) is 29.6 Å². The Morgan fingerprint density at radius 3 is 1.69 bits per heavy atom. The highest BCUT2D eigenvalue weighted by atomic mass is 16.6. The molecule has 2 aliphatic heterocycles. The number of nitrogens with one attached hydrogen (secondary N) is 2. The number of aliphatic carboxylic acids is 2. The fourth-order valence-corrected chi connectivity index (χ4v) is 6.08. The van der Waals surface area contributed by atoms with Crippen LogP contribution in [0.3, 0.4) is 0 Å². The highest BCUT2D eigenvalue weighted by Crippen LogP contribution is 2.25. The minimum absolute atomic E-state index is 0. The van der Waals surface area contributed by atoms with Gasteiger partial charge in [0.2, 0.25) is 0 Å². The maximum absolute atomic E-state index is 13.2. The average Bonchev–Trinajstić information content (AvgIpc) is 3.88. The van der Waals surface area contributed by atoms with Crippen LogP contribution in [0.4, 0.5) is 0 Å². The summed E-state index contributed by atoms with van der Waals surface area (Å²) in [6, 6.07) is 0. The number of rotatable bonds is 30. The number of ether oxygens (including phenoxy) is 5. The third-order valence-electron chi connectivity index (χ3n) is 10.7. The van der Waals surface area contributed by atoms with E-state index in [4.69, 9.17) is 28.8 Å². The molecule has 2 fully saturated rings. The lowest BCUT2D eigenvalue weighted by atomic mass is 9.89. The highest BCUT2D eigenvalue weighted by molar-refractivity contribution is 5.73. The third-order valence-corrected chi connectivity index (χ3v) is 10.7. The molecule has 0 aromatic carbocycles. The molecule has 360 valence electrons. The molecule has 0 bridgehead atoms. The Balaban J connectivity index is 0.00000134. The summed E-state index contributed by atoms with van der Waals surface area (Å²) >= 11 is 0. The Morgan fingerprint density at radius 2 is 1.29 bits per heavy atom. The number of carbonyl (C=O) groups excluding carboxylic acids is 1. The van der Waals surface area contributed by atoms with Crippen molar-refractivity contribution < 1.29 is 66.5 Å². The van der Waals surface area contributed by atoms with Crippen molar-refractivity contribution in [1.82, 2.24) is 40.6 Å². The SMILES string of the molecule is CC.CC(CNCCCn1cc(COC2COC2)nn1)C(=O)O.CCC(CC)CC(CNCCCn1cc(COC2COC2)nn1)C(=O)OC(C(C)C(O)O)C(O)C(C)C(=O)O.[HH].[HH]. The van der Waals surface area contributed by atoms with Crippen LogP contribution in [0.15, 0.2) is 12.4 Å². The monoisotopic (exact) mass is 891 g/mol. The van der Waals surface area contributed by atoms with Gasteiger partial charge in [-0.1, -0.05) is 64.8 Å². The molecule has 0 amide bonds. The zero-order valence-electron chi connectivity index (χ0n) is 37.6. The molecule has 0 radical (unpaired) electrons. The van der Waals surface area contributed by atoms with E-state index in [2.05, 4.69) is 31.3 Å². The number of nitrogens with zero attached hydrogens (tertiary/aromatic N) is 6. The van der Waals surface area contributed by atoms with E-state index in [9.17, 15) is 34.8 Å². The first-order chi connectivity index (χ1) is 29.7. The highest BCUT2D eigenvalue weighted by Gasteiger charge is 2.39. The van der Waals surface area contributed by atoms with Crippen molar-refractivity contribution in [3.8, 4) is 0 Å². The van der Waals surface area contributed by atoms with Gasteiger partial charge in [-0.05, 0) is 45.2 Å². The number of aromatic nitrogens is 6. The predicted octanol–water partition coefficient (Wildman–Crippen LogP) is 1.97. The molecule has 2 saturated heterocycles. The molecular formula is C41H78N8O13. The van der Waals surface area contributed by atoms with E-state index in [1.165, 1.54) is 13.8 Å². The average molecular weight is 891 g/mol. The second-order valence-electron chi connectivity index (χ2n) is 15.6. The smallest absolute Gasteiger partial charge is 0.310 e. The van der Waals surface area contributed by atoms with Crippen molar-refractivity contribution in [2.24, 2.45) is 29.6 Å². The second kappa shape index (κ2) is 30.4. The molecule has 21 nitrogen and oxygen atoms in total. The normalized spacial score (nSPS) is 17.0. The van der Waals surface area contributed by atoms with Crippen molar-refractivity contribution in [3.05, 3.63) is 23.8 Å². The minimum atomic E-state index is -1.90. The number of esters is 1. The first-order valence-corrected chi connectivity index (χ1v) is 22.0. The van der Waals surface area contributed by atoms with Crippen LogP contribution >= 0.6 is 0 Å². The molecule has 2 aliphatic rings. The van der Waals surface area contributed by atoms with E-state index < -0.39 is 54.2 Å². The molecule has 2 aromatic heterocycles. The summed E-state index contributed by atoms with van der Waals surface area (Å²) in [5, 5.41) is 70.7. The van der Waals surface area contributed by atoms with Gasteiger partial charge in [0.15, 0.2) is 6.29 Å². The van der Waals surface area contributed by atoms with E-state index in [0.717, 1.165) is 50.2 Å². The van der Waals surface area contributed by atoms with Gasteiger partial charge in [-0.15, -0.1) is 10.2 Å². The number of hydrogen-bond donors (Lipinski definition) is 7. The maximum atomic E-state index is 13.2. The molecular weight excluding hydrogens is 812 g/mol. The number of aliphatic hydroxyl groups is 3. The molecule has 62 heavy (non-hydrogen) atoms. The number of aliphatic hydroxyl groups excluding tert-OH is 2. The number of carbonyl (C=O) groups is 3. The van der Waals surface area contributed by atoms with Crippen molar-refractivity contribution in [3.63, 3.8) is 0 Å². The molecule has 6 unspecified atom stereocenters. The summed E-state index contributed by atoms with van der Waals surface area (Å²) in [6.45, 7) is 19.4. The Kier molecular flexibility index (Phi) is 26.7. The summed E-state index contributed by atoms with van der Waals surface area (Å²) in [6.07, 6.45) is 3.03. The zero-order valence-corrected chi connectivity index (χ0v) is 37.6. The van der Waals surface area contributed by atoms with Gasteiger partial charge in [0.1, 0.15) is 35.8 Å². The summed E-state index contributed by atoms with van der Waals surface area (Å²) in [5.41, 5.74) is 1.56. The van der Waals surface area contributed by atoms with Gasteiger partial charge in [0.25, 0.3) is 0 Å².